The summed E-state index contributed by atoms with van der Waals surface area (Å²) in [4.78, 5) is 31.3. The van der Waals surface area contributed by atoms with Gasteiger partial charge in [-0.1, -0.05) is 97.9 Å². The summed E-state index contributed by atoms with van der Waals surface area (Å²) in [6.07, 6.45) is 5.66. The molecule has 5 nitrogen and oxygen atoms in total. The minimum Gasteiger partial charge on any atom is -0.444 e. The largest absolute Gasteiger partial charge is 0.444 e. The number of hydrogen-bond donors (Lipinski definition) is 1. The molecule has 4 aromatic rings. The Balaban J connectivity index is 1.45. The molecule has 40 heavy (non-hydrogen) atoms. The molecule has 0 aliphatic heterocycles. The summed E-state index contributed by atoms with van der Waals surface area (Å²) in [5, 5.41) is 3.10. The van der Waals surface area contributed by atoms with E-state index >= 15 is 0 Å². The molecule has 4 rings (SSSR count). The van der Waals surface area contributed by atoms with Crippen LogP contribution in [0.25, 0.3) is 0 Å². The molecular formula is C34H38N2O3S. The zero-order chi connectivity index (χ0) is 28.0. The molecule has 1 amide bonds. The number of carbonyl (C=O) groups excluding carboxylic acids is 2. The molecule has 0 radical (unpaired) electrons. The Bertz CT molecular complexity index is 1280. The third kappa shape index (κ3) is 9.45. The van der Waals surface area contributed by atoms with Crippen molar-refractivity contribution >= 4 is 23.2 Å². The number of hydrogen-bond acceptors (Lipinski definition) is 5. The lowest BCUT2D eigenvalue weighted by atomic mass is 9.82. The summed E-state index contributed by atoms with van der Waals surface area (Å²) in [6.45, 7) is 2.29. The second-order valence-corrected chi connectivity index (χ2v) is 11.2. The first-order valence-electron chi connectivity index (χ1n) is 14.1. The van der Waals surface area contributed by atoms with Gasteiger partial charge in [0, 0.05) is 24.6 Å². The van der Waals surface area contributed by atoms with E-state index in [0.717, 1.165) is 41.7 Å². The number of ether oxygens (including phenoxy) is 1. The Labute approximate surface area is 241 Å². The molecule has 0 aliphatic rings. The van der Waals surface area contributed by atoms with E-state index < -0.39 is 6.09 Å². The summed E-state index contributed by atoms with van der Waals surface area (Å²) in [7, 11) is 0. The molecule has 0 spiro atoms. The van der Waals surface area contributed by atoms with Crippen molar-refractivity contribution in [3.05, 3.63) is 124 Å². The van der Waals surface area contributed by atoms with E-state index in [1.165, 1.54) is 16.9 Å². The maximum Gasteiger partial charge on any atom is 0.407 e. The van der Waals surface area contributed by atoms with Crippen LogP contribution < -0.4 is 5.32 Å². The van der Waals surface area contributed by atoms with Crippen LogP contribution in [0, 0.1) is 5.92 Å². The fourth-order valence-corrected chi connectivity index (χ4v) is 5.71. The third-order valence-electron chi connectivity index (χ3n) is 7.26. The van der Waals surface area contributed by atoms with Crippen LogP contribution in [0.1, 0.15) is 60.1 Å². The van der Waals surface area contributed by atoms with Gasteiger partial charge in [0.05, 0.1) is 10.4 Å². The molecule has 0 bridgehead atoms. The van der Waals surface area contributed by atoms with Gasteiger partial charge in [-0.25, -0.2) is 4.79 Å². The monoisotopic (exact) mass is 554 g/mol. The van der Waals surface area contributed by atoms with E-state index in [2.05, 4.69) is 53.6 Å². The summed E-state index contributed by atoms with van der Waals surface area (Å²) in [5.74, 6) is 0.353. The number of carbonyl (C=O) groups is 2. The van der Waals surface area contributed by atoms with Crippen molar-refractivity contribution in [3.8, 4) is 0 Å². The standard InChI is InChI=1S/C34H38N2O3S/c1-2-32(29-16-10-5-11-17-29)33(37)22-28(20-26-12-6-3-7-13-26)18-19-30(21-27-14-8-4-9-15-27)36-34(38)39-24-31-23-35-25-40-31/h3-17,23,25,28,30,32H,2,18-22,24H2,1H3,(H,36,38)/t28-,30-,32-/m1/s1. The quantitative estimate of drug-likeness (QED) is 0.163. The average Bonchev–Trinajstić information content (AvgIpc) is 3.51. The predicted octanol–water partition coefficient (Wildman–Crippen LogP) is 7.77. The van der Waals surface area contributed by atoms with Gasteiger partial charge in [-0.15, -0.1) is 11.3 Å². The number of alkyl carbamates (subject to hydrolysis) is 1. The number of ketones is 1. The Kier molecular flexibility index (Phi) is 11.5. The number of nitrogens with zero attached hydrogens (tertiary/aromatic N) is 1. The zero-order valence-electron chi connectivity index (χ0n) is 23.1. The van der Waals surface area contributed by atoms with Gasteiger partial charge in [0.15, 0.2) is 0 Å². The first-order chi connectivity index (χ1) is 19.6. The van der Waals surface area contributed by atoms with Gasteiger partial charge in [0.1, 0.15) is 12.4 Å². The number of rotatable bonds is 15. The summed E-state index contributed by atoms with van der Waals surface area (Å²) < 4.78 is 5.48. The predicted molar refractivity (Wildman–Crippen MR) is 161 cm³/mol. The molecule has 0 saturated carbocycles. The number of nitrogens with one attached hydrogen (secondary N) is 1. The highest BCUT2D eigenvalue weighted by molar-refractivity contribution is 7.09. The molecule has 1 N–H and O–H groups in total. The van der Waals surface area contributed by atoms with Crippen LogP contribution in [0.15, 0.2) is 103 Å². The topological polar surface area (TPSA) is 68.3 Å². The summed E-state index contributed by atoms with van der Waals surface area (Å²) >= 11 is 1.46. The highest BCUT2D eigenvalue weighted by Crippen LogP contribution is 2.27. The molecule has 208 valence electrons. The number of thiazole rings is 1. The molecule has 3 atom stereocenters. The maximum absolute atomic E-state index is 13.6. The average molecular weight is 555 g/mol. The summed E-state index contributed by atoms with van der Waals surface area (Å²) in [5.41, 5.74) is 5.19. The second kappa shape index (κ2) is 15.7. The van der Waals surface area contributed by atoms with Gasteiger partial charge >= 0.3 is 6.09 Å². The first kappa shape index (κ1) is 29.2. The Morgan fingerprint density at radius 1 is 0.850 bits per heavy atom. The van der Waals surface area contributed by atoms with Crippen LogP contribution in [0.4, 0.5) is 4.79 Å². The number of benzene rings is 3. The summed E-state index contributed by atoms with van der Waals surface area (Å²) in [6, 6.07) is 30.5. The van der Waals surface area contributed by atoms with Crippen LogP contribution in [0.5, 0.6) is 0 Å². The van der Waals surface area contributed by atoms with Crippen molar-refractivity contribution in [2.75, 3.05) is 0 Å². The van der Waals surface area contributed by atoms with Gasteiger partial charge in [-0.2, -0.15) is 0 Å². The SMILES string of the molecule is CC[C@@H](C(=O)C[C@H](CC[C@H](Cc1ccccc1)NC(=O)OCc1cncs1)Cc1ccccc1)c1ccccc1. The zero-order valence-corrected chi connectivity index (χ0v) is 23.9. The van der Waals surface area contributed by atoms with Gasteiger partial charge in [0.25, 0.3) is 0 Å². The Morgan fingerprint density at radius 2 is 1.48 bits per heavy atom. The number of aromatic nitrogens is 1. The van der Waals surface area contributed by atoms with E-state index in [1.54, 1.807) is 11.7 Å². The number of amides is 1. The molecule has 0 saturated heterocycles. The fraction of sp³-hybridized carbons (Fsp3) is 0.324. The van der Waals surface area contributed by atoms with E-state index in [-0.39, 0.29) is 30.3 Å². The molecule has 3 aromatic carbocycles. The van der Waals surface area contributed by atoms with E-state index in [0.29, 0.717) is 12.8 Å². The van der Waals surface area contributed by atoms with Gasteiger partial charge < -0.3 is 10.1 Å². The molecule has 1 aromatic heterocycles. The first-order valence-corrected chi connectivity index (χ1v) is 14.9. The molecule has 0 aliphatic carbocycles. The van der Waals surface area contributed by atoms with Gasteiger partial charge in [-0.3, -0.25) is 9.78 Å². The van der Waals surface area contributed by atoms with Crippen molar-refractivity contribution < 1.29 is 14.3 Å². The highest BCUT2D eigenvalue weighted by atomic mass is 32.1. The molecular weight excluding hydrogens is 516 g/mol. The Morgan fingerprint density at radius 3 is 2.08 bits per heavy atom. The van der Waals surface area contributed by atoms with E-state index in [1.807, 2.05) is 54.6 Å². The minimum absolute atomic E-state index is 0.0977. The van der Waals surface area contributed by atoms with Crippen LogP contribution in [-0.4, -0.2) is 22.9 Å². The third-order valence-corrected chi connectivity index (χ3v) is 8.01. The van der Waals surface area contributed by atoms with Crippen molar-refractivity contribution in [1.29, 1.82) is 0 Å². The molecule has 0 unspecified atom stereocenters. The van der Waals surface area contributed by atoms with Crippen LogP contribution in [0.2, 0.25) is 0 Å². The van der Waals surface area contributed by atoms with Crippen molar-refractivity contribution in [2.24, 2.45) is 5.92 Å². The van der Waals surface area contributed by atoms with Crippen molar-refractivity contribution in [1.82, 2.24) is 10.3 Å². The van der Waals surface area contributed by atoms with Crippen molar-refractivity contribution in [3.63, 3.8) is 0 Å². The lowest BCUT2D eigenvalue weighted by molar-refractivity contribution is -0.121. The van der Waals surface area contributed by atoms with Crippen molar-refractivity contribution in [2.45, 2.75) is 64.0 Å². The second-order valence-electron chi connectivity index (χ2n) is 10.2. The van der Waals surface area contributed by atoms with Crippen LogP contribution in [0.3, 0.4) is 0 Å². The van der Waals surface area contributed by atoms with Crippen LogP contribution in [-0.2, 0) is 29.0 Å². The van der Waals surface area contributed by atoms with E-state index in [4.69, 9.17) is 4.74 Å². The lowest BCUT2D eigenvalue weighted by Crippen LogP contribution is -2.37. The highest BCUT2D eigenvalue weighted by Gasteiger charge is 2.24. The maximum atomic E-state index is 13.6. The Hall–Kier alpha value is -3.77. The fourth-order valence-electron chi connectivity index (χ4n) is 5.20. The molecule has 1 heterocycles. The smallest absolute Gasteiger partial charge is 0.407 e. The minimum atomic E-state index is -0.430. The lowest BCUT2D eigenvalue weighted by Gasteiger charge is -2.24. The number of Topliss-reactive ketones (excluding diaryl/α,β-unsaturated/α-hetero) is 1. The molecule has 0 fully saturated rings. The van der Waals surface area contributed by atoms with Gasteiger partial charge in [0.2, 0.25) is 0 Å². The van der Waals surface area contributed by atoms with E-state index in [9.17, 15) is 9.59 Å². The van der Waals surface area contributed by atoms with Crippen LogP contribution >= 0.6 is 11.3 Å². The molecule has 6 heteroatoms. The van der Waals surface area contributed by atoms with Gasteiger partial charge in [-0.05, 0) is 54.7 Å². The normalized spacial score (nSPS) is 13.2.